The van der Waals surface area contributed by atoms with E-state index in [9.17, 15) is 0 Å². The van der Waals surface area contributed by atoms with Crippen molar-refractivity contribution in [3.05, 3.63) is 24.3 Å². The Morgan fingerprint density at radius 1 is 1.00 bits per heavy atom. The number of hydrogen-bond acceptors (Lipinski definition) is 3. The smallest absolute Gasteiger partial charge is 0.162 e. The Morgan fingerprint density at radius 2 is 1.70 bits per heavy atom. The van der Waals surface area contributed by atoms with E-state index in [1.54, 1.807) is 0 Å². The topological polar surface area (TPSA) is 21.7 Å². The van der Waals surface area contributed by atoms with Gasteiger partial charge in [0.05, 0.1) is 13.2 Å². The minimum absolute atomic E-state index is 0.415. The molecule has 108 valence electrons. The largest absolute Gasteiger partial charge is 0.490 e. The van der Waals surface area contributed by atoms with E-state index in [4.69, 9.17) is 9.47 Å². The zero-order chi connectivity index (χ0) is 14.0. The molecule has 0 spiro atoms. The lowest BCUT2D eigenvalue weighted by atomic mass is 10.1. The lowest BCUT2D eigenvalue weighted by molar-refractivity contribution is 0.255. The van der Waals surface area contributed by atoms with E-state index in [1.165, 1.54) is 32.4 Å². The highest BCUT2D eigenvalue weighted by atomic mass is 16.5. The molecule has 0 saturated carbocycles. The van der Waals surface area contributed by atoms with Crippen LogP contribution in [-0.4, -0.2) is 37.7 Å². The molecular formula is C17H23NO2. The number of rotatable bonds is 5. The fourth-order valence-corrected chi connectivity index (χ4v) is 2.29. The summed E-state index contributed by atoms with van der Waals surface area (Å²) in [5.74, 6) is 7.82. The zero-order valence-corrected chi connectivity index (χ0v) is 12.2. The summed E-state index contributed by atoms with van der Waals surface area (Å²) in [6.07, 6.45) is 3.97. The van der Waals surface area contributed by atoms with Crippen molar-refractivity contribution in [2.24, 2.45) is 0 Å². The van der Waals surface area contributed by atoms with E-state index in [0.29, 0.717) is 13.2 Å². The molecule has 2 rings (SSSR count). The summed E-state index contributed by atoms with van der Waals surface area (Å²) in [6, 6.07) is 7.72. The summed E-state index contributed by atoms with van der Waals surface area (Å²) in [7, 11) is 0. The van der Waals surface area contributed by atoms with E-state index in [2.05, 4.69) is 16.7 Å². The van der Waals surface area contributed by atoms with E-state index in [1.807, 2.05) is 31.2 Å². The van der Waals surface area contributed by atoms with Crippen molar-refractivity contribution < 1.29 is 9.47 Å². The van der Waals surface area contributed by atoms with Crippen molar-refractivity contribution in [1.29, 1.82) is 0 Å². The highest BCUT2D eigenvalue weighted by Crippen LogP contribution is 2.25. The van der Waals surface area contributed by atoms with Crippen LogP contribution in [0.4, 0.5) is 0 Å². The van der Waals surface area contributed by atoms with Crippen LogP contribution in [0, 0.1) is 11.8 Å². The Balaban J connectivity index is 1.75. The second-order valence-corrected chi connectivity index (χ2v) is 4.86. The second-order valence-electron chi connectivity index (χ2n) is 4.86. The third-order valence-corrected chi connectivity index (χ3v) is 3.33. The molecule has 1 aliphatic rings. The van der Waals surface area contributed by atoms with Gasteiger partial charge >= 0.3 is 0 Å². The van der Waals surface area contributed by atoms with Gasteiger partial charge in [0.15, 0.2) is 11.5 Å². The first-order valence-electron chi connectivity index (χ1n) is 7.43. The van der Waals surface area contributed by atoms with Gasteiger partial charge in [-0.2, -0.15) is 0 Å². The van der Waals surface area contributed by atoms with Gasteiger partial charge in [0.2, 0.25) is 0 Å². The van der Waals surface area contributed by atoms with Crippen molar-refractivity contribution in [3.63, 3.8) is 0 Å². The second kappa shape index (κ2) is 8.50. The van der Waals surface area contributed by atoms with Crippen LogP contribution in [0.15, 0.2) is 24.3 Å². The van der Waals surface area contributed by atoms with Crippen LogP contribution in [0.3, 0.4) is 0 Å². The van der Waals surface area contributed by atoms with E-state index in [-0.39, 0.29) is 0 Å². The van der Waals surface area contributed by atoms with Crippen LogP contribution in [0.25, 0.3) is 0 Å². The maximum Gasteiger partial charge on any atom is 0.162 e. The predicted molar refractivity (Wildman–Crippen MR) is 81.2 cm³/mol. The maximum atomic E-state index is 5.66. The monoisotopic (exact) mass is 273 g/mol. The van der Waals surface area contributed by atoms with Crippen molar-refractivity contribution in [2.75, 3.05) is 32.8 Å². The lowest BCUT2D eigenvalue weighted by Gasteiger charge is -2.23. The van der Waals surface area contributed by atoms with Gasteiger partial charge < -0.3 is 9.47 Å². The maximum absolute atomic E-state index is 5.66. The SMILES string of the molecule is CCOc1ccccc1OCC#CCN1CCCCC1. The van der Waals surface area contributed by atoms with Crippen molar-refractivity contribution in [1.82, 2.24) is 4.90 Å². The molecule has 1 heterocycles. The number of hydrogen-bond donors (Lipinski definition) is 0. The number of nitrogens with zero attached hydrogens (tertiary/aromatic N) is 1. The Hall–Kier alpha value is -1.66. The molecule has 0 bridgehead atoms. The summed E-state index contributed by atoms with van der Waals surface area (Å²) in [5.41, 5.74) is 0. The van der Waals surface area contributed by atoms with Gasteiger partial charge in [0, 0.05) is 0 Å². The van der Waals surface area contributed by atoms with Crippen LogP contribution >= 0.6 is 0 Å². The molecule has 0 radical (unpaired) electrons. The molecule has 0 atom stereocenters. The number of likely N-dealkylation sites (tertiary alicyclic amines) is 1. The van der Waals surface area contributed by atoms with Crippen molar-refractivity contribution in [3.8, 4) is 23.3 Å². The molecular weight excluding hydrogens is 250 g/mol. The molecule has 3 nitrogen and oxygen atoms in total. The molecule has 1 aliphatic heterocycles. The third kappa shape index (κ3) is 4.79. The van der Waals surface area contributed by atoms with E-state index >= 15 is 0 Å². The summed E-state index contributed by atoms with van der Waals surface area (Å²) in [4.78, 5) is 2.41. The van der Waals surface area contributed by atoms with Gasteiger partial charge in [0.25, 0.3) is 0 Å². The first kappa shape index (κ1) is 14.7. The Morgan fingerprint density at radius 3 is 2.40 bits per heavy atom. The molecule has 3 heteroatoms. The van der Waals surface area contributed by atoms with Crippen LogP contribution in [-0.2, 0) is 0 Å². The Bertz CT molecular complexity index is 456. The van der Waals surface area contributed by atoms with Crippen LogP contribution in [0.1, 0.15) is 26.2 Å². The molecule has 1 saturated heterocycles. The quantitative estimate of drug-likeness (QED) is 0.770. The molecule has 0 aromatic heterocycles. The molecule has 1 aromatic rings. The highest BCUT2D eigenvalue weighted by Gasteiger charge is 2.07. The third-order valence-electron chi connectivity index (χ3n) is 3.33. The fraction of sp³-hybridized carbons (Fsp3) is 0.529. The minimum atomic E-state index is 0.415. The van der Waals surface area contributed by atoms with Gasteiger partial charge in [-0.05, 0) is 45.0 Å². The average molecular weight is 273 g/mol. The minimum Gasteiger partial charge on any atom is -0.490 e. The van der Waals surface area contributed by atoms with Gasteiger partial charge in [-0.3, -0.25) is 4.90 Å². The van der Waals surface area contributed by atoms with E-state index in [0.717, 1.165) is 18.0 Å². The number of ether oxygens (including phenoxy) is 2. The number of para-hydroxylation sites is 2. The molecule has 0 amide bonds. The summed E-state index contributed by atoms with van der Waals surface area (Å²) in [6.45, 7) is 6.25. The van der Waals surface area contributed by atoms with Gasteiger partial charge in [-0.1, -0.05) is 30.4 Å². The number of benzene rings is 1. The molecule has 0 N–H and O–H groups in total. The zero-order valence-electron chi connectivity index (χ0n) is 12.2. The molecule has 0 unspecified atom stereocenters. The summed E-state index contributed by atoms with van der Waals surface area (Å²) in [5, 5.41) is 0. The Kier molecular flexibility index (Phi) is 6.26. The first-order valence-corrected chi connectivity index (χ1v) is 7.43. The summed E-state index contributed by atoms with van der Waals surface area (Å²) < 4.78 is 11.2. The molecule has 1 aromatic carbocycles. The van der Waals surface area contributed by atoms with Crippen LogP contribution < -0.4 is 9.47 Å². The summed E-state index contributed by atoms with van der Waals surface area (Å²) >= 11 is 0. The predicted octanol–water partition coefficient (Wildman–Crippen LogP) is 2.95. The van der Waals surface area contributed by atoms with Crippen molar-refractivity contribution >= 4 is 0 Å². The van der Waals surface area contributed by atoms with E-state index < -0.39 is 0 Å². The van der Waals surface area contributed by atoms with Crippen LogP contribution in [0.5, 0.6) is 11.5 Å². The fourth-order valence-electron chi connectivity index (χ4n) is 2.29. The molecule has 1 fully saturated rings. The Labute approximate surface area is 121 Å². The van der Waals surface area contributed by atoms with Gasteiger partial charge in [-0.15, -0.1) is 0 Å². The average Bonchev–Trinajstić information content (AvgIpc) is 2.50. The number of piperidine rings is 1. The molecule has 0 aliphatic carbocycles. The van der Waals surface area contributed by atoms with Gasteiger partial charge in [0.1, 0.15) is 6.61 Å². The molecule has 20 heavy (non-hydrogen) atoms. The lowest BCUT2D eigenvalue weighted by Crippen LogP contribution is -2.29. The highest BCUT2D eigenvalue weighted by molar-refractivity contribution is 5.39. The normalized spacial score (nSPS) is 15.2. The first-order chi connectivity index (χ1) is 9.90. The van der Waals surface area contributed by atoms with Gasteiger partial charge in [-0.25, -0.2) is 0 Å². The standard InChI is InChI=1S/C17H23NO2/c1-2-19-16-10-4-5-11-17(16)20-15-9-8-14-18-12-6-3-7-13-18/h4-5,10-11H,2-3,6-7,12-15H2,1H3. The van der Waals surface area contributed by atoms with Crippen molar-refractivity contribution in [2.45, 2.75) is 26.2 Å². The van der Waals surface area contributed by atoms with Crippen LogP contribution in [0.2, 0.25) is 0 Å².